The van der Waals surface area contributed by atoms with Gasteiger partial charge in [-0.3, -0.25) is 0 Å². The lowest BCUT2D eigenvalue weighted by molar-refractivity contribution is 0.193. The number of benzene rings is 1. The summed E-state index contributed by atoms with van der Waals surface area (Å²) < 4.78 is 32.3. The number of rotatable bonds is 9. The zero-order valence-electron chi connectivity index (χ0n) is 12.7. The summed E-state index contributed by atoms with van der Waals surface area (Å²) in [5, 5.41) is 3.43. The van der Waals surface area contributed by atoms with Crippen LogP contribution in [0.1, 0.15) is 24.0 Å². The quantitative estimate of drug-likeness (QED) is 0.678. The summed E-state index contributed by atoms with van der Waals surface area (Å²) in [6.45, 7) is 3.38. The fourth-order valence-electron chi connectivity index (χ4n) is 2.02. The van der Waals surface area contributed by atoms with Crippen LogP contribution in [0.4, 0.5) is 0 Å². The first-order chi connectivity index (χ1) is 9.92. The number of methoxy groups -OCH3 is 1. The van der Waals surface area contributed by atoms with Gasteiger partial charge in [-0.05, 0) is 50.1 Å². The highest BCUT2D eigenvalue weighted by Gasteiger charge is 2.19. The molecule has 0 saturated carbocycles. The second-order valence-electron chi connectivity index (χ2n) is 4.82. The molecular formula is C14H23ClN2O3S. The molecule has 2 N–H and O–H groups in total. The highest BCUT2D eigenvalue weighted by molar-refractivity contribution is 7.89. The smallest absolute Gasteiger partial charge is 0.240 e. The van der Waals surface area contributed by atoms with E-state index in [1.807, 2.05) is 7.05 Å². The first-order valence-electron chi connectivity index (χ1n) is 6.84. The van der Waals surface area contributed by atoms with Gasteiger partial charge in [0.25, 0.3) is 0 Å². The largest absolute Gasteiger partial charge is 0.385 e. The molecule has 0 amide bonds. The number of hydrogen-bond acceptors (Lipinski definition) is 4. The van der Waals surface area contributed by atoms with Crippen molar-refractivity contribution in [1.29, 1.82) is 0 Å². The number of ether oxygens (including phenoxy) is 1. The predicted octanol–water partition coefficient (Wildman–Crippen LogP) is 2.07. The van der Waals surface area contributed by atoms with Gasteiger partial charge in [-0.2, -0.15) is 0 Å². The van der Waals surface area contributed by atoms with Gasteiger partial charge in [0, 0.05) is 31.8 Å². The number of sulfonamides is 1. The minimum Gasteiger partial charge on any atom is -0.385 e. The molecule has 0 aliphatic carbocycles. The van der Waals surface area contributed by atoms with Crippen molar-refractivity contribution in [1.82, 2.24) is 10.0 Å². The van der Waals surface area contributed by atoms with E-state index in [9.17, 15) is 8.42 Å². The summed E-state index contributed by atoms with van der Waals surface area (Å²) in [6, 6.07) is 3.28. The van der Waals surface area contributed by atoms with Crippen molar-refractivity contribution in [3.63, 3.8) is 0 Å². The fraction of sp³-hybridized carbons (Fsp3) is 0.571. The van der Waals surface area contributed by atoms with Gasteiger partial charge < -0.3 is 10.1 Å². The highest BCUT2D eigenvalue weighted by atomic mass is 35.5. The predicted molar refractivity (Wildman–Crippen MR) is 85.3 cm³/mol. The monoisotopic (exact) mass is 334 g/mol. The van der Waals surface area contributed by atoms with Gasteiger partial charge in [-0.1, -0.05) is 11.6 Å². The van der Waals surface area contributed by atoms with Crippen LogP contribution in [0.3, 0.4) is 0 Å². The van der Waals surface area contributed by atoms with Crippen LogP contribution >= 0.6 is 11.6 Å². The average Bonchev–Trinajstić information content (AvgIpc) is 2.42. The molecule has 0 fully saturated rings. The first-order valence-corrected chi connectivity index (χ1v) is 8.70. The molecular weight excluding hydrogens is 312 g/mol. The van der Waals surface area contributed by atoms with Gasteiger partial charge in [0.05, 0.1) is 4.90 Å². The van der Waals surface area contributed by atoms with E-state index in [4.69, 9.17) is 16.3 Å². The van der Waals surface area contributed by atoms with Crippen LogP contribution < -0.4 is 10.0 Å². The van der Waals surface area contributed by atoms with Crippen molar-refractivity contribution in [2.24, 2.45) is 0 Å². The summed E-state index contributed by atoms with van der Waals surface area (Å²) >= 11 is 6.03. The maximum atomic E-state index is 12.4. The molecule has 7 heteroatoms. The van der Waals surface area contributed by atoms with Crippen molar-refractivity contribution in [3.8, 4) is 0 Å². The number of halogens is 1. The van der Waals surface area contributed by atoms with E-state index in [1.54, 1.807) is 20.1 Å². The summed E-state index contributed by atoms with van der Waals surface area (Å²) in [5.74, 6) is 0. The zero-order chi connectivity index (χ0) is 15.9. The number of hydrogen-bond donors (Lipinski definition) is 2. The lowest BCUT2D eigenvalue weighted by atomic mass is 10.1. The number of nitrogens with one attached hydrogen (secondary N) is 2. The van der Waals surface area contributed by atoms with Gasteiger partial charge in [-0.15, -0.1) is 0 Å². The van der Waals surface area contributed by atoms with Gasteiger partial charge >= 0.3 is 0 Å². The molecule has 1 aromatic carbocycles. The van der Waals surface area contributed by atoms with Gasteiger partial charge in [0.1, 0.15) is 0 Å². The topological polar surface area (TPSA) is 67.4 Å². The van der Waals surface area contributed by atoms with E-state index in [-0.39, 0.29) is 4.90 Å². The van der Waals surface area contributed by atoms with Crippen LogP contribution in [0.2, 0.25) is 5.02 Å². The molecule has 0 spiro atoms. The third kappa shape index (κ3) is 5.56. The van der Waals surface area contributed by atoms with Crippen LogP contribution in [0, 0.1) is 6.92 Å². The summed E-state index contributed by atoms with van der Waals surface area (Å²) in [4.78, 5) is 0.243. The molecule has 0 atom stereocenters. The Labute approximate surface area is 132 Å². The molecule has 0 unspecified atom stereocenters. The molecule has 0 bridgehead atoms. The Kier molecular flexibility index (Phi) is 7.62. The lowest BCUT2D eigenvalue weighted by Gasteiger charge is -2.13. The van der Waals surface area contributed by atoms with E-state index >= 15 is 0 Å². The molecule has 1 rings (SSSR count). The molecule has 0 heterocycles. The molecule has 0 radical (unpaired) electrons. The molecule has 5 nitrogen and oxygen atoms in total. The highest BCUT2D eigenvalue weighted by Crippen LogP contribution is 2.24. The Hall–Kier alpha value is -0.660. The molecule has 0 saturated heterocycles. The minimum atomic E-state index is -3.54. The lowest BCUT2D eigenvalue weighted by Crippen LogP contribution is -2.26. The molecule has 0 aliphatic heterocycles. The Bertz CT molecular complexity index is 562. The van der Waals surface area contributed by atoms with Crippen molar-refractivity contribution in [2.75, 3.05) is 27.3 Å². The first kappa shape index (κ1) is 18.4. The average molecular weight is 335 g/mol. The van der Waals surface area contributed by atoms with Gasteiger partial charge in [0.2, 0.25) is 10.0 Å². The van der Waals surface area contributed by atoms with Crippen molar-refractivity contribution in [2.45, 2.75) is 31.2 Å². The van der Waals surface area contributed by atoms with E-state index < -0.39 is 10.0 Å². The minimum absolute atomic E-state index is 0.243. The molecule has 1 aromatic rings. The van der Waals surface area contributed by atoms with Gasteiger partial charge in [-0.25, -0.2) is 13.1 Å². The molecule has 120 valence electrons. The van der Waals surface area contributed by atoms with Crippen LogP contribution in [-0.4, -0.2) is 35.7 Å². The second-order valence-corrected chi connectivity index (χ2v) is 6.99. The van der Waals surface area contributed by atoms with E-state index in [2.05, 4.69) is 10.0 Å². The summed E-state index contributed by atoms with van der Waals surface area (Å²) in [7, 11) is -0.109. The summed E-state index contributed by atoms with van der Waals surface area (Å²) in [6.07, 6.45) is 1.55. The van der Waals surface area contributed by atoms with Crippen LogP contribution in [0.15, 0.2) is 17.0 Å². The van der Waals surface area contributed by atoms with Crippen molar-refractivity contribution < 1.29 is 13.2 Å². The second kappa shape index (κ2) is 8.70. The number of unbranched alkanes of at least 4 members (excludes halogenated alkanes) is 1. The zero-order valence-corrected chi connectivity index (χ0v) is 14.3. The van der Waals surface area contributed by atoms with Crippen molar-refractivity contribution >= 4 is 21.6 Å². The SMILES string of the molecule is CNCc1cc(Cl)cc(S(=O)(=O)NCCCCOC)c1C. The molecule has 0 aromatic heterocycles. The van der Waals surface area contributed by atoms with Crippen molar-refractivity contribution in [3.05, 3.63) is 28.3 Å². The maximum Gasteiger partial charge on any atom is 0.240 e. The Morgan fingerprint density at radius 3 is 2.62 bits per heavy atom. The van der Waals surface area contributed by atoms with Gasteiger partial charge in [0.15, 0.2) is 0 Å². The third-order valence-electron chi connectivity index (χ3n) is 3.16. The maximum absolute atomic E-state index is 12.4. The van der Waals surface area contributed by atoms with E-state index in [0.717, 1.165) is 24.0 Å². The van der Waals surface area contributed by atoms with Crippen LogP contribution in [0.25, 0.3) is 0 Å². The molecule has 21 heavy (non-hydrogen) atoms. The normalized spacial score (nSPS) is 11.8. The van der Waals surface area contributed by atoms with E-state index in [0.29, 0.717) is 24.7 Å². The standard InChI is InChI=1S/C14H23ClN2O3S/c1-11-12(10-16-2)8-13(15)9-14(11)21(18,19)17-6-4-5-7-20-3/h8-9,16-17H,4-7,10H2,1-3H3. The van der Waals surface area contributed by atoms with Crippen LogP contribution in [0.5, 0.6) is 0 Å². The Morgan fingerprint density at radius 1 is 1.29 bits per heavy atom. The Morgan fingerprint density at radius 2 is 2.00 bits per heavy atom. The fourth-order valence-corrected chi connectivity index (χ4v) is 3.71. The summed E-state index contributed by atoms with van der Waals surface area (Å²) in [5.41, 5.74) is 1.60. The Balaban J connectivity index is 2.87. The van der Waals surface area contributed by atoms with E-state index in [1.165, 1.54) is 6.07 Å². The molecule has 0 aliphatic rings. The van der Waals surface area contributed by atoms with Crippen LogP contribution in [-0.2, 0) is 21.3 Å². The third-order valence-corrected chi connectivity index (χ3v) is 4.96.